The molecule has 0 saturated carbocycles. The number of nitrogens with zero attached hydrogens (tertiary/aromatic N) is 2. The Labute approximate surface area is 200 Å². The second kappa shape index (κ2) is 10.7. The summed E-state index contributed by atoms with van der Waals surface area (Å²) in [6.07, 6.45) is 2.80. The molecule has 6 nitrogen and oxygen atoms in total. The Morgan fingerprint density at radius 3 is 2.73 bits per heavy atom. The highest BCUT2D eigenvalue weighted by Gasteiger charge is 2.34. The van der Waals surface area contributed by atoms with Gasteiger partial charge in [0.2, 0.25) is 11.8 Å². The van der Waals surface area contributed by atoms with Gasteiger partial charge >= 0.3 is 0 Å². The van der Waals surface area contributed by atoms with Crippen LogP contribution in [-0.2, 0) is 20.7 Å². The van der Waals surface area contributed by atoms with E-state index in [0.29, 0.717) is 19.7 Å². The molecule has 0 radical (unpaired) electrons. The maximum atomic E-state index is 13.5. The lowest BCUT2D eigenvalue weighted by atomic mass is 10.00. The Bertz CT molecular complexity index is 949. The van der Waals surface area contributed by atoms with E-state index in [-0.39, 0.29) is 36.4 Å². The average molecular weight is 471 g/mol. The van der Waals surface area contributed by atoms with Gasteiger partial charge in [0.15, 0.2) is 0 Å². The number of rotatable bonds is 8. The van der Waals surface area contributed by atoms with Crippen molar-refractivity contribution in [3.05, 3.63) is 51.7 Å². The third-order valence-corrected chi connectivity index (χ3v) is 7.42. The zero-order valence-corrected chi connectivity index (χ0v) is 20.6. The molecule has 2 atom stereocenters. The number of hydrogen-bond donors (Lipinski definition) is 0. The Hall–Kier alpha value is -2.38. The third kappa shape index (κ3) is 5.76. The number of thiophene rings is 1. The molecule has 3 heterocycles. The van der Waals surface area contributed by atoms with Crippen LogP contribution in [0.4, 0.5) is 0 Å². The van der Waals surface area contributed by atoms with Gasteiger partial charge in [0.1, 0.15) is 12.4 Å². The zero-order valence-electron chi connectivity index (χ0n) is 19.8. The van der Waals surface area contributed by atoms with Crippen molar-refractivity contribution in [3.63, 3.8) is 0 Å². The number of benzene rings is 1. The number of carbonyl (C=O) groups is 2. The zero-order chi connectivity index (χ0) is 23.4. The molecule has 1 saturated heterocycles. The van der Waals surface area contributed by atoms with Gasteiger partial charge in [0, 0.05) is 30.5 Å². The molecule has 1 fully saturated rings. The third-order valence-electron chi connectivity index (χ3n) is 6.42. The Morgan fingerprint density at radius 1 is 1.24 bits per heavy atom. The van der Waals surface area contributed by atoms with Crippen LogP contribution in [0.1, 0.15) is 48.7 Å². The van der Waals surface area contributed by atoms with E-state index in [1.807, 2.05) is 49.9 Å². The van der Waals surface area contributed by atoms with E-state index in [9.17, 15) is 9.59 Å². The summed E-state index contributed by atoms with van der Waals surface area (Å²) in [7, 11) is 0. The highest BCUT2D eigenvalue weighted by atomic mass is 32.1. The van der Waals surface area contributed by atoms with E-state index in [1.54, 1.807) is 16.2 Å². The average Bonchev–Trinajstić information content (AvgIpc) is 3.49. The standard InChI is InChI=1S/C26H34N2O4S/c1-18(2)26(30)27(15-21-5-4-13-31-21)16-25(29)28-12-10-24-22(11-14-33-24)23(28)17-32-20-8-6-19(3)7-9-20/h6-9,11,14,18,21,23H,4-5,10,12-13,15-17H2,1-3H3/t21-,23-/m0/s1. The first-order valence-corrected chi connectivity index (χ1v) is 12.8. The lowest BCUT2D eigenvalue weighted by molar-refractivity contribution is -0.145. The van der Waals surface area contributed by atoms with Crippen LogP contribution in [0.15, 0.2) is 35.7 Å². The predicted octanol–water partition coefficient (Wildman–Crippen LogP) is 4.22. The smallest absolute Gasteiger partial charge is 0.242 e. The summed E-state index contributed by atoms with van der Waals surface area (Å²) in [6, 6.07) is 9.91. The van der Waals surface area contributed by atoms with Crippen molar-refractivity contribution in [2.45, 2.75) is 52.2 Å². The van der Waals surface area contributed by atoms with E-state index < -0.39 is 0 Å². The summed E-state index contributed by atoms with van der Waals surface area (Å²) in [5, 5.41) is 2.09. The summed E-state index contributed by atoms with van der Waals surface area (Å²) in [5.41, 5.74) is 2.34. The number of amides is 2. The van der Waals surface area contributed by atoms with Gasteiger partial charge in [-0.1, -0.05) is 31.5 Å². The first-order valence-electron chi connectivity index (χ1n) is 11.9. The van der Waals surface area contributed by atoms with Crippen LogP contribution < -0.4 is 4.74 Å². The number of carbonyl (C=O) groups excluding carboxylic acids is 2. The quantitative estimate of drug-likeness (QED) is 0.580. The van der Waals surface area contributed by atoms with Gasteiger partial charge in [0.25, 0.3) is 0 Å². The van der Waals surface area contributed by atoms with Crippen LogP contribution in [-0.4, -0.2) is 60.6 Å². The number of hydrogen-bond acceptors (Lipinski definition) is 5. The van der Waals surface area contributed by atoms with E-state index in [2.05, 4.69) is 11.4 Å². The van der Waals surface area contributed by atoms with E-state index in [4.69, 9.17) is 9.47 Å². The highest BCUT2D eigenvalue weighted by Crippen LogP contribution is 2.34. The van der Waals surface area contributed by atoms with Crippen molar-refractivity contribution < 1.29 is 19.1 Å². The van der Waals surface area contributed by atoms with E-state index in [0.717, 1.165) is 37.2 Å². The molecular weight excluding hydrogens is 436 g/mol. The van der Waals surface area contributed by atoms with Crippen LogP contribution in [0.2, 0.25) is 0 Å². The molecule has 0 bridgehead atoms. The van der Waals surface area contributed by atoms with Crippen LogP contribution in [0.25, 0.3) is 0 Å². The van der Waals surface area contributed by atoms with Gasteiger partial charge in [-0.25, -0.2) is 0 Å². The fourth-order valence-corrected chi connectivity index (χ4v) is 5.50. The summed E-state index contributed by atoms with van der Waals surface area (Å²) < 4.78 is 11.9. The molecule has 2 aliphatic rings. The van der Waals surface area contributed by atoms with Gasteiger partial charge in [-0.15, -0.1) is 11.3 Å². The molecular formula is C26H34N2O4S. The van der Waals surface area contributed by atoms with Crippen molar-refractivity contribution in [2.75, 3.05) is 32.8 Å². The summed E-state index contributed by atoms with van der Waals surface area (Å²) in [6.45, 7) is 8.12. The minimum absolute atomic E-state index is 0.000429. The van der Waals surface area contributed by atoms with Crippen LogP contribution >= 0.6 is 11.3 Å². The molecule has 0 unspecified atom stereocenters. The lowest BCUT2D eigenvalue weighted by Crippen LogP contribution is -2.50. The molecule has 0 aliphatic carbocycles. The van der Waals surface area contributed by atoms with Crippen molar-refractivity contribution in [1.29, 1.82) is 0 Å². The normalized spacial score (nSPS) is 20.1. The topological polar surface area (TPSA) is 59.1 Å². The SMILES string of the molecule is Cc1ccc(OC[C@H]2c3ccsc3CCN2C(=O)CN(C[C@@H]2CCCO2)C(=O)C(C)C)cc1. The van der Waals surface area contributed by atoms with Gasteiger partial charge in [-0.3, -0.25) is 9.59 Å². The van der Waals surface area contributed by atoms with Crippen molar-refractivity contribution >= 4 is 23.2 Å². The Balaban J connectivity index is 1.49. The number of fused-ring (bicyclic) bond motifs is 1. The molecule has 2 aromatic rings. The molecule has 4 rings (SSSR count). The molecule has 33 heavy (non-hydrogen) atoms. The summed E-state index contributed by atoms with van der Waals surface area (Å²) in [4.78, 5) is 31.4. The molecule has 178 valence electrons. The second-order valence-corrected chi connectivity index (χ2v) is 10.3. The molecule has 2 aliphatic heterocycles. The summed E-state index contributed by atoms with van der Waals surface area (Å²) >= 11 is 1.74. The Morgan fingerprint density at radius 2 is 2.03 bits per heavy atom. The van der Waals surface area contributed by atoms with Gasteiger partial charge in [-0.05, 0) is 55.3 Å². The van der Waals surface area contributed by atoms with Gasteiger partial charge in [-0.2, -0.15) is 0 Å². The fourth-order valence-electron chi connectivity index (χ4n) is 4.57. The minimum Gasteiger partial charge on any atom is -0.491 e. The highest BCUT2D eigenvalue weighted by molar-refractivity contribution is 7.10. The van der Waals surface area contributed by atoms with Crippen molar-refractivity contribution in [3.8, 4) is 5.75 Å². The molecule has 1 aromatic heterocycles. The predicted molar refractivity (Wildman–Crippen MR) is 130 cm³/mol. The molecule has 0 N–H and O–H groups in total. The first kappa shape index (κ1) is 23.8. The number of ether oxygens (including phenoxy) is 2. The molecule has 7 heteroatoms. The molecule has 2 amide bonds. The van der Waals surface area contributed by atoms with Crippen molar-refractivity contribution in [1.82, 2.24) is 9.80 Å². The second-order valence-electron chi connectivity index (χ2n) is 9.28. The minimum atomic E-state index is -0.162. The maximum absolute atomic E-state index is 13.5. The van der Waals surface area contributed by atoms with Gasteiger partial charge in [0.05, 0.1) is 18.7 Å². The van der Waals surface area contributed by atoms with Crippen LogP contribution in [0.5, 0.6) is 5.75 Å². The van der Waals surface area contributed by atoms with Gasteiger partial charge < -0.3 is 19.3 Å². The van der Waals surface area contributed by atoms with E-state index >= 15 is 0 Å². The van der Waals surface area contributed by atoms with Crippen LogP contribution in [0, 0.1) is 12.8 Å². The molecule has 0 spiro atoms. The van der Waals surface area contributed by atoms with Crippen molar-refractivity contribution in [2.24, 2.45) is 5.92 Å². The van der Waals surface area contributed by atoms with E-state index in [1.165, 1.54) is 10.4 Å². The Kier molecular flexibility index (Phi) is 7.71. The summed E-state index contributed by atoms with van der Waals surface area (Å²) in [5.74, 6) is 0.603. The van der Waals surface area contributed by atoms with Crippen LogP contribution in [0.3, 0.4) is 0 Å². The fraction of sp³-hybridized carbons (Fsp3) is 0.538. The lowest BCUT2D eigenvalue weighted by Gasteiger charge is -2.37. The maximum Gasteiger partial charge on any atom is 0.242 e. The molecule has 1 aromatic carbocycles. The number of aryl methyl sites for hydroxylation is 1. The monoisotopic (exact) mass is 470 g/mol. The first-order chi connectivity index (χ1) is 15.9. The largest absolute Gasteiger partial charge is 0.491 e.